The molecule has 2 fully saturated rings. The fraction of sp³-hybridized carbons (Fsp3) is 0.846. The van der Waals surface area contributed by atoms with Crippen molar-refractivity contribution >= 4 is 11.9 Å². The number of fused-ring (bicyclic) bond motifs is 2. The summed E-state index contributed by atoms with van der Waals surface area (Å²) in [6.45, 7) is 6.31. The molecule has 17 heavy (non-hydrogen) atoms. The number of ether oxygens (including phenoxy) is 1. The van der Waals surface area contributed by atoms with Crippen LogP contribution in [0.3, 0.4) is 0 Å². The van der Waals surface area contributed by atoms with Crippen molar-refractivity contribution in [1.29, 1.82) is 0 Å². The topological polar surface area (TPSA) is 63.6 Å². The first-order chi connectivity index (χ1) is 7.91. The highest BCUT2D eigenvalue weighted by Gasteiger charge is 2.64. The highest BCUT2D eigenvalue weighted by Crippen LogP contribution is 2.61. The zero-order valence-corrected chi connectivity index (χ0v) is 10.7. The lowest BCUT2D eigenvalue weighted by atomic mass is 9.69. The van der Waals surface area contributed by atoms with Crippen molar-refractivity contribution in [2.24, 2.45) is 41.4 Å². The third kappa shape index (κ3) is 1.49. The lowest BCUT2D eigenvalue weighted by Crippen LogP contribution is -2.41. The van der Waals surface area contributed by atoms with Gasteiger partial charge in [-0.05, 0) is 29.6 Å². The summed E-state index contributed by atoms with van der Waals surface area (Å²) in [6, 6.07) is 0. The van der Waals surface area contributed by atoms with Crippen LogP contribution in [-0.2, 0) is 14.3 Å². The summed E-state index contributed by atoms with van der Waals surface area (Å²) in [5.41, 5.74) is 0. The highest BCUT2D eigenvalue weighted by atomic mass is 16.5. The van der Waals surface area contributed by atoms with Crippen LogP contribution in [0, 0.1) is 41.4 Å². The molecular weight excluding hydrogens is 220 g/mol. The van der Waals surface area contributed by atoms with E-state index >= 15 is 0 Å². The van der Waals surface area contributed by atoms with E-state index in [2.05, 4.69) is 20.8 Å². The number of carboxylic acid groups (broad SMARTS) is 1. The maximum atomic E-state index is 11.8. The van der Waals surface area contributed by atoms with Crippen LogP contribution in [0.2, 0.25) is 0 Å². The van der Waals surface area contributed by atoms with Crippen LogP contribution in [0.15, 0.2) is 0 Å². The Morgan fingerprint density at radius 1 is 0.941 bits per heavy atom. The van der Waals surface area contributed by atoms with Crippen LogP contribution >= 0.6 is 0 Å². The predicted octanol–water partition coefficient (Wildman–Crippen LogP) is 1.64. The van der Waals surface area contributed by atoms with E-state index < -0.39 is 17.8 Å². The number of hydrogen-bond acceptors (Lipinski definition) is 3. The molecule has 96 valence electrons. The summed E-state index contributed by atoms with van der Waals surface area (Å²) in [5.74, 6) is -0.886. The van der Waals surface area contributed by atoms with Crippen molar-refractivity contribution in [3.63, 3.8) is 0 Å². The second-order valence-electron chi connectivity index (χ2n) is 5.65. The number of carboxylic acids is 1. The first-order valence-corrected chi connectivity index (χ1v) is 6.22. The Balaban J connectivity index is 2.39. The van der Waals surface area contributed by atoms with Gasteiger partial charge in [0.15, 0.2) is 0 Å². The Morgan fingerprint density at radius 3 is 1.82 bits per heavy atom. The molecule has 1 N–H and O–H groups in total. The minimum absolute atomic E-state index is 0.108. The van der Waals surface area contributed by atoms with Gasteiger partial charge < -0.3 is 9.84 Å². The molecule has 0 aromatic heterocycles. The van der Waals surface area contributed by atoms with Crippen molar-refractivity contribution in [3.05, 3.63) is 0 Å². The maximum Gasteiger partial charge on any atom is 0.309 e. The lowest BCUT2D eigenvalue weighted by molar-refractivity contribution is -0.160. The van der Waals surface area contributed by atoms with Crippen molar-refractivity contribution in [2.45, 2.75) is 20.8 Å². The number of esters is 1. The molecule has 0 amide bonds. The number of carbonyl (C=O) groups excluding carboxylic acids is 1. The molecule has 0 aromatic carbocycles. The van der Waals surface area contributed by atoms with Crippen LogP contribution in [0.1, 0.15) is 20.8 Å². The number of methoxy groups -OCH3 is 1. The van der Waals surface area contributed by atoms with Gasteiger partial charge in [-0.3, -0.25) is 9.59 Å². The summed E-state index contributed by atoms with van der Waals surface area (Å²) in [5, 5.41) is 9.36. The molecule has 2 bridgehead atoms. The molecule has 2 saturated carbocycles. The second-order valence-corrected chi connectivity index (χ2v) is 5.65. The number of carbonyl (C=O) groups is 2. The van der Waals surface area contributed by atoms with E-state index in [1.54, 1.807) is 0 Å². The zero-order valence-electron chi connectivity index (χ0n) is 10.7. The smallest absolute Gasteiger partial charge is 0.309 e. The molecule has 4 heteroatoms. The zero-order chi connectivity index (χ0) is 12.9. The molecule has 4 nitrogen and oxygen atoms in total. The van der Waals surface area contributed by atoms with Gasteiger partial charge in [0.25, 0.3) is 0 Å². The second kappa shape index (κ2) is 4.00. The molecule has 2 rings (SSSR count). The van der Waals surface area contributed by atoms with E-state index in [-0.39, 0.29) is 17.8 Å². The molecule has 0 spiro atoms. The summed E-state index contributed by atoms with van der Waals surface area (Å²) in [6.07, 6.45) is 0. The van der Waals surface area contributed by atoms with Gasteiger partial charge >= 0.3 is 11.9 Å². The Kier molecular flexibility index (Phi) is 2.92. The van der Waals surface area contributed by atoms with E-state index in [9.17, 15) is 14.7 Å². The molecule has 0 aromatic rings. The van der Waals surface area contributed by atoms with Gasteiger partial charge in [0.1, 0.15) is 0 Å². The Hall–Kier alpha value is -1.06. The predicted molar refractivity (Wildman–Crippen MR) is 61.1 cm³/mol. The first-order valence-electron chi connectivity index (χ1n) is 6.22. The van der Waals surface area contributed by atoms with Crippen molar-refractivity contribution in [3.8, 4) is 0 Å². The number of rotatable bonds is 2. The van der Waals surface area contributed by atoms with Crippen LogP contribution in [0.5, 0.6) is 0 Å². The van der Waals surface area contributed by atoms with Crippen molar-refractivity contribution in [2.75, 3.05) is 7.11 Å². The molecule has 2 aliphatic carbocycles. The van der Waals surface area contributed by atoms with Gasteiger partial charge in [0.05, 0.1) is 18.9 Å². The van der Waals surface area contributed by atoms with E-state index in [0.717, 1.165) is 0 Å². The highest BCUT2D eigenvalue weighted by molar-refractivity contribution is 5.83. The number of aliphatic carboxylic acids is 1. The quantitative estimate of drug-likeness (QED) is 0.745. The van der Waals surface area contributed by atoms with Gasteiger partial charge in [-0.2, -0.15) is 0 Å². The summed E-state index contributed by atoms with van der Waals surface area (Å²) < 4.78 is 4.80. The normalized spacial score (nSPS) is 48.1. The summed E-state index contributed by atoms with van der Waals surface area (Å²) in [7, 11) is 1.34. The lowest BCUT2D eigenvalue weighted by Gasteiger charge is -2.34. The van der Waals surface area contributed by atoms with Gasteiger partial charge in [-0.1, -0.05) is 20.8 Å². The molecule has 0 radical (unpaired) electrons. The first kappa shape index (κ1) is 12.4. The fourth-order valence-electron chi connectivity index (χ4n) is 4.46. The third-order valence-electron chi connectivity index (χ3n) is 5.23. The fourth-order valence-corrected chi connectivity index (χ4v) is 4.46. The average molecular weight is 240 g/mol. The maximum absolute atomic E-state index is 11.8. The van der Waals surface area contributed by atoms with Crippen LogP contribution in [0.4, 0.5) is 0 Å². The molecule has 5 unspecified atom stereocenters. The third-order valence-corrected chi connectivity index (χ3v) is 5.23. The van der Waals surface area contributed by atoms with E-state index in [1.807, 2.05) is 0 Å². The molecule has 2 aliphatic rings. The monoisotopic (exact) mass is 240 g/mol. The van der Waals surface area contributed by atoms with E-state index in [1.165, 1.54) is 7.11 Å². The largest absolute Gasteiger partial charge is 0.481 e. The standard InChI is InChI=1S/C13H20O4/c1-5-6(2)9-7(3)8(5)10(12(14)15)11(9)13(16)17-4/h5-11H,1-4H3,(H,14,15)/t5?,6?,7?,8?,9?,10-,11+/m1/s1. The molecule has 7 atom stereocenters. The minimum Gasteiger partial charge on any atom is -0.481 e. The summed E-state index contributed by atoms with van der Waals surface area (Å²) in [4.78, 5) is 23.2. The average Bonchev–Trinajstić information content (AvgIpc) is 2.68. The van der Waals surface area contributed by atoms with Crippen LogP contribution in [0.25, 0.3) is 0 Å². The molecule has 0 saturated heterocycles. The van der Waals surface area contributed by atoms with Crippen LogP contribution < -0.4 is 0 Å². The molecule has 0 heterocycles. The molecular formula is C13H20O4. The van der Waals surface area contributed by atoms with Crippen molar-refractivity contribution < 1.29 is 19.4 Å². The van der Waals surface area contributed by atoms with Gasteiger partial charge in [0, 0.05) is 0 Å². The minimum atomic E-state index is -0.849. The van der Waals surface area contributed by atoms with E-state index in [0.29, 0.717) is 17.8 Å². The van der Waals surface area contributed by atoms with Gasteiger partial charge in [-0.15, -0.1) is 0 Å². The molecule has 0 aliphatic heterocycles. The Labute approximate surface area is 101 Å². The number of hydrogen-bond donors (Lipinski definition) is 1. The van der Waals surface area contributed by atoms with Gasteiger partial charge in [-0.25, -0.2) is 0 Å². The van der Waals surface area contributed by atoms with E-state index in [4.69, 9.17) is 4.74 Å². The summed E-state index contributed by atoms with van der Waals surface area (Å²) >= 11 is 0. The van der Waals surface area contributed by atoms with Crippen LogP contribution in [-0.4, -0.2) is 24.2 Å². The Bertz CT molecular complexity index is 351. The van der Waals surface area contributed by atoms with Gasteiger partial charge in [0.2, 0.25) is 0 Å². The SMILES string of the molecule is COC(=O)[C@H]1C2C(C)C(C)C(C2C)[C@H]1C(=O)O. The van der Waals surface area contributed by atoms with Crippen molar-refractivity contribution in [1.82, 2.24) is 0 Å². The Morgan fingerprint density at radius 2 is 1.41 bits per heavy atom.